The number of ketones is 1. The minimum atomic E-state index is -0.627. The molecule has 3 aromatic carbocycles. The summed E-state index contributed by atoms with van der Waals surface area (Å²) in [7, 11) is 0. The van der Waals surface area contributed by atoms with Crippen molar-refractivity contribution >= 4 is 40.8 Å². The molecule has 0 radical (unpaired) electrons. The first-order chi connectivity index (χ1) is 23.4. The van der Waals surface area contributed by atoms with Crippen molar-refractivity contribution in [3.05, 3.63) is 134 Å². The Hall–Kier alpha value is -5.35. The predicted octanol–water partition coefficient (Wildman–Crippen LogP) is 6.42. The van der Waals surface area contributed by atoms with Crippen molar-refractivity contribution in [2.24, 2.45) is 0 Å². The number of nitrogens with zero attached hydrogens (tertiary/aromatic N) is 3. The van der Waals surface area contributed by atoms with Gasteiger partial charge < -0.3 is 15.4 Å². The van der Waals surface area contributed by atoms with Crippen LogP contribution in [-0.4, -0.2) is 43.8 Å². The second-order valence-electron chi connectivity index (χ2n) is 13.1. The normalized spacial score (nSPS) is 13.9. The van der Waals surface area contributed by atoms with Gasteiger partial charge in [0.2, 0.25) is 0 Å². The van der Waals surface area contributed by atoms with Gasteiger partial charge in [-0.25, -0.2) is 14.3 Å². The molecular formula is C38H36ClN5O5. The quantitative estimate of drug-likeness (QED) is 0.136. The molecule has 0 fully saturated rings. The number of hydrogen-bond donors (Lipinski definition) is 2. The van der Waals surface area contributed by atoms with Gasteiger partial charge in [-0.1, -0.05) is 66.2 Å². The zero-order valence-electron chi connectivity index (χ0n) is 27.7. The molecule has 10 nitrogen and oxygen atoms in total. The highest BCUT2D eigenvalue weighted by molar-refractivity contribution is 6.31. The summed E-state index contributed by atoms with van der Waals surface area (Å²) in [4.78, 5) is 58.3. The van der Waals surface area contributed by atoms with E-state index >= 15 is 0 Å². The van der Waals surface area contributed by atoms with Crippen molar-refractivity contribution in [1.29, 1.82) is 0 Å². The lowest BCUT2D eigenvalue weighted by Gasteiger charge is -2.21. The Morgan fingerprint density at radius 3 is 2.43 bits per heavy atom. The van der Waals surface area contributed by atoms with E-state index in [4.69, 9.17) is 16.3 Å². The van der Waals surface area contributed by atoms with Crippen molar-refractivity contribution in [1.82, 2.24) is 25.2 Å². The van der Waals surface area contributed by atoms with E-state index in [2.05, 4.69) is 20.7 Å². The third-order valence-electron chi connectivity index (χ3n) is 8.46. The number of carbonyl (C=O) groups is 4. The first-order valence-electron chi connectivity index (χ1n) is 16.0. The van der Waals surface area contributed by atoms with E-state index in [1.165, 1.54) is 16.8 Å². The Labute approximate surface area is 288 Å². The van der Waals surface area contributed by atoms with Crippen LogP contribution in [0.5, 0.6) is 0 Å². The number of amides is 2. The number of ether oxygens (including phenoxy) is 1. The molecule has 0 unspecified atom stereocenters. The Morgan fingerprint density at radius 2 is 1.69 bits per heavy atom. The van der Waals surface area contributed by atoms with E-state index in [9.17, 15) is 19.2 Å². The lowest BCUT2D eigenvalue weighted by molar-refractivity contribution is 0.00682. The Bertz CT molecular complexity index is 2100. The highest BCUT2D eigenvalue weighted by Crippen LogP contribution is 2.35. The summed E-state index contributed by atoms with van der Waals surface area (Å²) in [6.07, 6.45) is 2.61. The number of aromatic nitrogens is 3. The molecular weight excluding hydrogens is 642 g/mol. The fourth-order valence-electron chi connectivity index (χ4n) is 6.03. The van der Waals surface area contributed by atoms with Gasteiger partial charge in [-0.05, 0) is 80.5 Å². The van der Waals surface area contributed by atoms with E-state index in [1.54, 1.807) is 30.3 Å². The topological polar surface area (TPSA) is 132 Å². The molecule has 0 saturated heterocycles. The van der Waals surface area contributed by atoms with Crippen LogP contribution in [0.2, 0.25) is 5.02 Å². The SMILES string of the molecule is Cc1c(C(=O)OC(C)(C)C)ccc2c1CC[C@@H]2NC(=O)c1cc(C(=O)NCc2ccccc2)nc2c(C(=O)Cc3ccccc3Cl)cnn12. The molecule has 0 aliphatic heterocycles. The number of esters is 1. The molecule has 1 aliphatic carbocycles. The van der Waals surface area contributed by atoms with E-state index in [0.29, 0.717) is 29.0 Å². The molecule has 2 N–H and O–H groups in total. The number of rotatable bonds is 9. The molecule has 49 heavy (non-hydrogen) atoms. The molecule has 250 valence electrons. The standard InChI is InChI=1S/C38H36ClN5O5/c1-22-25-16-17-30(27(25)15-14-26(22)37(48)49-38(2,3)4)43-36(47)32-19-31(35(46)40-20-23-10-6-5-7-11-23)42-34-28(21-41-44(32)34)33(45)18-24-12-8-9-13-29(24)39/h5-15,19,21,30H,16-18,20H2,1-4H3,(H,40,46)(H,43,47)/t30-/m0/s1. The fourth-order valence-corrected chi connectivity index (χ4v) is 6.24. The predicted molar refractivity (Wildman–Crippen MR) is 185 cm³/mol. The van der Waals surface area contributed by atoms with Crippen molar-refractivity contribution in [2.75, 3.05) is 0 Å². The zero-order valence-corrected chi connectivity index (χ0v) is 28.4. The van der Waals surface area contributed by atoms with Crippen LogP contribution in [-0.2, 0) is 24.1 Å². The van der Waals surface area contributed by atoms with Crippen LogP contribution in [0, 0.1) is 6.92 Å². The average Bonchev–Trinajstić information content (AvgIpc) is 3.69. The third kappa shape index (κ3) is 7.24. The molecule has 5 aromatic rings. The largest absolute Gasteiger partial charge is 0.456 e. The smallest absolute Gasteiger partial charge is 0.338 e. The Kier molecular flexibility index (Phi) is 9.34. The summed E-state index contributed by atoms with van der Waals surface area (Å²) in [6.45, 7) is 7.61. The molecule has 1 atom stereocenters. The first-order valence-corrected chi connectivity index (χ1v) is 16.4. The van der Waals surface area contributed by atoms with Crippen LogP contribution < -0.4 is 10.6 Å². The van der Waals surface area contributed by atoms with Crippen LogP contribution in [0.15, 0.2) is 79.0 Å². The summed E-state index contributed by atoms with van der Waals surface area (Å²) in [5.41, 5.74) is 4.34. The number of hydrogen-bond acceptors (Lipinski definition) is 7. The number of carbonyl (C=O) groups excluding carboxylic acids is 4. The van der Waals surface area contributed by atoms with E-state index in [-0.39, 0.29) is 47.4 Å². The van der Waals surface area contributed by atoms with Gasteiger partial charge >= 0.3 is 5.97 Å². The molecule has 2 aromatic heterocycles. The lowest BCUT2D eigenvalue weighted by Crippen LogP contribution is -2.31. The third-order valence-corrected chi connectivity index (χ3v) is 8.83. The minimum Gasteiger partial charge on any atom is -0.456 e. The van der Waals surface area contributed by atoms with Crippen molar-refractivity contribution in [2.45, 2.75) is 65.1 Å². The summed E-state index contributed by atoms with van der Waals surface area (Å²) >= 11 is 6.33. The van der Waals surface area contributed by atoms with Gasteiger partial charge in [0.05, 0.1) is 23.4 Å². The van der Waals surface area contributed by atoms with E-state index in [1.807, 2.05) is 64.1 Å². The van der Waals surface area contributed by atoms with Crippen LogP contribution in [0.4, 0.5) is 0 Å². The maximum Gasteiger partial charge on any atom is 0.338 e. The molecule has 1 aliphatic rings. The van der Waals surface area contributed by atoms with Gasteiger partial charge in [-0.2, -0.15) is 5.10 Å². The van der Waals surface area contributed by atoms with Crippen molar-refractivity contribution < 1.29 is 23.9 Å². The van der Waals surface area contributed by atoms with Gasteiger partial charge in [0, 0.05) is 24.1 Å². The minimum absolute atomic E-state index is 0.0157. The average molecular weight is 678 g/mol. The maximum atomic E-state index is 14.0. The lowest BCUT2D eigenvalue weighted by atomic mass is 9.97. The van der Waals surface area contributed by atoms with Crippen LogP contribution in [0.25, 0.3) is 5.65 Å². The van der Waals surface area contributed by atoms with Gasteiger partial charge in [0.1, 0.15) is 17.0 Å². The summed E-state index contributed by atoms with van der Waals surface area (Å²) in [5.74, 6) is -1.71. The second-order valence-corrected chi connectivity index (χ2v) is 13.5. The van der Waals surface area contributed by atoms with Gasteiger partial charge in [-0.3, -0.25) is 14.4 Å². The van der Waals surface area contributed by atoms with Crippen LogP contribution in [0.1, 0.15) is 103 Å². The Morgan fingerprint density at radius 1 is 0.959 bits per heavy atom. The number of fused-ring (bicyclic) bond motifs is 2. The zero-order chi connectivity index (χ0) is 34.9. The first kappa shape index (κ1) is 33.5. The molecule has 0 saturated carbocycles. The monoisotopic (exact) mass is 677 g/mol. The molecule has 11 heteroatoms. The maximum absolute atomic E-state index is 14.0. The van der Waals surface area contributed by atoms with Crippen LogP contribution >= 0.6 is 11.6 Å². The molecule has 2 amide bonds. The van der Waals surface area contributed by atoms with Crippen LogP contribution in [0.3, 0.4) is 0 Å². The summed E-state index contributed by atoms with van der Waals surface area (Å²) in [5, 5.41) is 10.8. The van der Waals surface area contributed by atoms with Gasteiger partial charge in [0.25, 0.3) is 11.8 Å². The van der Waals surface area contributed by atoms with E-state index in [0.717, 1.165) is 22.3 Å². The molecule has 6 rings (SSSR count). The van der Waals surface area contributed by atoms with Gasteiger partial charge in [0.15, 0.2) is 11.4 Å². The Balaban J connectivity index is 1.32. The summed E-state index contributed by atoms with van der Waals surface area (Å²) in [6, 6.07) is 21.0. The second kappa shape index (κ2) is 13.6. The number of nitrogens with one attached hydrogen (secondary N) is 2. The van der Waals surface area contributed by atoms with Crippen molar-refractivity contribution in [3.8, 4) is 0 Å². The fraction of sp³-hybridized carbons (Fsp3) is 0.263. The van der Waals surface area contributed by atoms with E-state index < -0.39 is 23.4 Å². The number of benzene rings is 3. The molecule has 0 bridgehead atoms. The molecule has 2 heterocycles. The number of Topliss-reactive ketones (excluding diaryl/α,β-unsaturated/α-hetero) is 1. The van der Waals surface area contributed by atoms with Crippen molar-refractivity contribution in [3.63, 3.8) is 0 Å². The highest BCUT2D eigenvalue weighted by atomic mass is 35.5. The highest BCUT2D eigenvalue weighted by Gasteiger charge is 2.30. The number of halogens is 1. The molecule has 0 spiro atoms. The van der Waals surface area contributed by atoms with Gasteiger partial charge in [-0.15, -0.1) is 0 Å². The summed E-state index contributed by atoms with van der Waals surface area (Å²) < 4.78 is 6.89.